The summed E-state index contributed by atoms with van der Waals surface area (Å²) in [6.45, 7) is 2.20. The Bertz CT molecular complexity index is 391. The fourth-order valence-electron chi connectivity index (χ4n) is 4.16. The van der Waals surface area contributed by atoms with Gasteiger partial charge in [-0.05, 0) is 43.4 Å². The quantitative estimate of drug-likeness (QED) is 0.848. The normalized spacial score (nSPS) is 36.3. The number of hydrogen-bond acceptors (Lipinski definition) is 3. The van der Waals surface area contributed by atoms with Crippen LogP contribution in [0.1, 0.15) is 38.5 Å². The third-order valence-corrected chi connectivity index (χ3v) is 5.25. The third kappa shape index (κ3) is 2.55. The molecule has 3 rings (SSSR count). The van der Waals surface area contributed by atoms with E-state index in [4.69, 9.17) is 4.74 Å². The highest BCUT2D eigenvalue weighted by molar-refractivity contribution is 5.84. The zero-order valence-corrected chi connectivity index (χ0v) is 11.8. The highest BCUT2D eigenvalue weighted by Gasteiger charge is 2.49. The number of aliphatic carboxylic acids is 1. The first-order valence-electron chi connectivity index (χ1n) is 7.77. The fourth-order valence-corrected chi connectivity index (χ4v) is 4.16. The predicted molar refractivity (Wildman–Crippen MR) is 72.1 cm³/mol. The molecule has 0 aromatic carbocycles. The lowest BCUT2D eigenvalue weighted by Gasteiger charge is -2.24. The molecule has 3 aliphatic rings. The maximum Gasteiger partial charge on any atom is 0.326 e. The van der Waals surface area contributed by atoms with Crippen LogP contribution in [-0.2, 0) is 14.3 Å². The molecule has 20 heavy (non-hydrogen) atoms. The number of carbonyl (C=O) groups is 2. The number of nitrogens with zero attached hydrogens (tertiary/aromatic N) is 1. The van der Waals surface area contributed by atoms with Crippen molar-refractivity contribution in [1.29, 1.82) is 0 Å². The summed E-state index contributed by atoms with van der Waals surface area (Å²) in [5.41, 5.74) is 0. The van der Waals surface area contributed by atoms with Gasteiger partial charge in [-0.1, -0.05) is 6.42 Å². The number of amides is 1. The molecule has 112 valence electrons. The summed E-state index contributed by atoms with van der Waals surface area (Å²) in [5, 5.41) is 9.45. The number of carboxylic acid groups (broad SMARTS) is 1. The molecule has 0 aromatic heterocycles. The molecule has 0 spiro atoms. The van der Waals surface area contributed by atoms with Crippen molar-refractivity contribution in [3.05, 3.63) is 0 Å². The minimum atomic E-state index is -0.822. The van der Waals surface area contributed by atoms with Crippen molar-refractivity contribution < 1.29 is 19.4 Å². The number of carbonyl (C=O) groups excluding carboxylic acids is 1. The van der Waals surface area contributed by atoms with Crippen molar-refractivity contribution in [1.82, 2.24) is 4.90 Å². The van der Waals surface area contributed by atoms with Gasteiger partial charge >= 0.3 is 5.97 Å². The molecule has 0 unspecified atom stereocenters. The average molecular weight is 281 g/mol. The topological polar surface area (TPSA) is 66.8 Å². The molecular formula is C15H23NO4. The Labute approximate surface area is 119 Å². The molecule has 5 nitrogen and oxygen atoms in total. The number of likely N-dealkylation sites (tertiary alicyclic amines) is 1. The zero-order chi connectivity index (χ0) is 14.1. The Morgan fingerprint density at radius 2 is 2.10 bits per heavy atom. The van der Waals surface area contributed by atoms with Crippen LogP contribution in [0.3, 0.4) is 0 Å². The van der Waals surface area contributed by atoms with Crippen LogP contribution >= 0.6 is 0 Å². The highest BCUT2D eigenvalue weighted by atomic mass is 16.5. The van der Waals surface area contributed by atoms with E-state index in [1.165, 1.54) is 0 Å². The second kappa shape index (κ2) is 5.72. The lowest BCUT2D eigenvalue weighted by Crippen LogP contribution is -2.43. The van der Waals surface area contributed by atoms with Gasteiger partial charge in [-0.2, -0.15) is 0 Å². The van der Waals surface area contributed by atoms with Crippen LogP contribution in [-0.4, -0.2) is 47.7 Å². The van der Waals surface area contributed by atoms with Crippen LogP contribution in [0.2, 0.25) is 0 Å². The van der Waals surface area contributed by atoms with E-state index in [-0.39, 0.29) is 11.8 Å². The molecule has 2 saturated heterocycles. The van der Waals surface area contributed by atoms with Gasteiger partial charge in [0.1, 0.15) is 6.04 Å². The van der Waals surface area contributed by atoms with Crippen LogP contribution in [0.25, 0.3) is 0 Å². The van der Waals surface area contributed by atoms with Gasteiger partial charge in [0.15, 0.2) is 0 Å². The second-order valence-electron chi connectivity index (χ2n) is 6.45. The maximum absolute atomic E-state index is 12.4. The number of fused-ring (bicyclic) bond motifs is 1. The van der Waals surface area contributed by atoms with E-state index >= 15 is 0 Å². The number of rotatable bonds is 4. The monoisotopic (exact) mass is 281 g/mol. The largest absolute Gasteiger partial charge is 0.480 e. The lowest BCUT2D eigenvalue weighted by molar-refractivity contribution is -0.149. The van der Waals surface area contributed by atoms with Gasteiger partial charge in [-0.15, -0.1) is 0 Å². The third-order valence-electron chi connectivity index (χ3n) is 5.25. The summed E-state index contributed by atoms with van der Waals surface area (Å²) in [6, 6.07) is -0.574. The fraction of sp³-hybridized carbons (Fsp3) is 0.867. The Balaban J connectivity index is 1.59. The van der Waals surface area contributed by atoms with Gasteiger partial charge in [-0.25, -0.2) is 4.79 Å². The second-order valence-corrected chi connectivity index (χ2v) is 6.45. The van der Waals surface area contributed by atoms with E-state index < -0.39 is 12.0 Å². The maximum atomic E-state index is 12.4. The van der Waals surface area contributed by atoms with Crippen molar-refractivity contribution >= 4 is 11.9 Å². The average Bonchev–Trinajstić information content (AvgIpc) is 3.10. The minimum absolute atomic E-state index is 0.0266. The highest BCUT2D eigenvalue weighted by Crippen LogP contribution is 2.42. The van der Waals surface area contributed by atoms with Gasteiger partial charge < -0.3 is 14.7 Å². The SMILES string of the molecule is O=C(O)[C@@H]1[C@@H]2CCC[C@H]2CN1C(=O)CC[C@H]1CCOC1. The van der Waals surface area contributed by atoms with Gasteiger partial charge in [0.05, 0.1) is 0 Å². The van der Waals surface area contributed by atoms with Crippen LogP contribution in [0, 0.1) is 17.8 Å². The van der Waals surface area contributed by atoms with E-state index in [0.717, 1.165) is 45.3 Å². The molecule has 4 atom stereocenters. The molecular weight excluding hydrogens is 258 g/mol. The summed E-state index contributed by atoms with van der Waals surface area (Å²) in [7, 11) is 0. The Morgan fingerprint density at radius 3 is 2.80 bits per heavy atom. The van der Waals surface area contributed by atoms with E-state index in [1.807, 2.05) is 0 Å². The van der Waals surface area contributed by atoms with Crippen molar-refractivity contribution in [2.45, 2.75) is 44.6 Å². The van der Waals surface area contributed by atoms with Crippen molar-refractivity contribution in [3.8, 4) is 0 Å². The molecule has 1 aliphatic carbocycles. The lowest BCUT2D eigenvalue weighted by atomic mass is 9.94. The first-order chi connectivity index (χ1) is 9.66. The van der Waals surface area contributed by atoms with Crippen molar-refractivity contribution in [2.75, 3.05) is 19.8 Å². The van der Waals surface area contributed by atoms with E-state index in [1.54, 1.807) is 4.90 Å². The summed E-state index contributed by atoms with van der Waals surface area (Å²) in [5.74, 6) is 0.279. The number of hydrogen-bond donors (Lipinski definition) is 1. The Kier molecular flexibility index (Phi) is 3.96. The van der Waals surface area contributed by atoms with Gasteiger partial charge in [0.25, 0.3) is 0 Å². The smallest absolute Gasteiger partial charge is 0.326 e. The van der Waals surface area contributed by atoms with Gasteiger partial charge in [0, 0.05) is 26.2 Å². The minimum Gasteiger partial charge on any atom is -0.480 e. The van der Waals surface area contributed by atoms with Crippen LogP contribution < -0.4 is 0 Å². The number of ether oxygens (including phenoxy) is 1. The molecule has 3 fully saturated rings. The van der Waals surface area contributed by atoms with E-state index in [2.05, 4.69) is 0 Å². The first-order valence-corrected chi connectivity index (χ1v) is 7.77. The van der Waals surface area contributed by atoms with Crippen LogP contribution in [0.5, 0.6) is 0 Å². The van der Waals surface area contributed by atoms with Gasteiger partial charge in [0.2, 0.25) is 5.91 Å². The van der Waals surface area contributed by atoms with Crippen LogP contribution in [0.15, 0.2) is 0 Å². The molecule has 2 aliphatic heterocycles. The summed E-state index contributed by atoms with van der Waals surface area (Å²) < 4.78 is 5.32. The molecule has 1 saturated carbocycles. The van der Waals surface area contributed by atoms with E-state index in [9.17, 15) is 14.7 Å². The Morgan fingerprint density at radius 1 is 1.25 bits per heavy atom. The van der Waals surface area contributed by atoms with Gasteiger partial charge in [-0.3, -0.25) is 4.79 Å². The molecule has 0 radical (unpaired) electrons. The molecule has 1 amide bonds. The first kappa shape index (κ1) is 13.9. The van der Waals surface area contributed by atoms with E-state index in [0.29, 0.717) is 24.8 Å². The molecule has 0 aromatic rings. The molecule has 5 heteroatoms. The zero-order valence-electron chi connectivity index (χ0n) is 11.8. The predicted octanol–water partition coefficient (Wildman–Crippen LogP) is 1.51. The Hall–Kier alpha value is -1.10. The van der Waals surface area contributed by atoms with Crippen molar-refractivity contribution in [2.24, 2.45) is 17.8 Å². The van der Waals surface area contributed by atoms with Crippen molar-refractivity contribution in [3.63, 3.8) is 0 Å². The summed E-state index contributed by atoms with van der Waals surface area (Å²) in [4.78, 5) is 25.5. The summed E-state index contributed by atoms with van der Waals surface area (Å²) in [6.07, 6.45) is 5.48. The molecule has 0 bridgehead atoms. The number of carboxylic acids is 1. The summed E-state index contributed by atoms with van der Waals surface area (Å²) >= 11 is 0. The standard InChI is InChI=1S/C15H23NO4/c17-13(5-4-10-6-7-20-9-10)16-8-11-2-1-3-12(11)14(16)15(18)19/h10-12,14H,1-9H2,(H,18,19)/t10-,11-,12+,14-/m0/s1. The van der Waals surface area contributed by atoms with Crippen LogP contribution in [0.4, 0.5) is 0 Å². The molecule has 1 N–H and O–H groups in total. The molecule has 2 heterocycles.